The number of rotatable bonds is 10. The SMILES string of the molecule is CCCN(CC(=O)Nc1ccc(F)c(F)c1F)C(=O)c1ccc(OCC(C)C)c(OC)c1. The number of amides is 2. The van der Waals surface area contributed by atoms with E-state index in [2.05, 4.69) is 5.32 Å². The number of benzene rings is 2. The first-order chi connectivity index (χ1) is 15.2. The van der Waals surface area contributed by atoms with Gasteiger partial charge in [-0.1, -0.05) is 20.8 Å². The molecule has 2 amide bonds. The Bertz CT molecular complexity index is 966. The van der Waals surface area contributed by atoms with E-state index in [0.717, 1.165) is 6.07 Å². The van der Waals surface area contributed by atoms with Gasteiger partial charge in [0.15, 0.2) is 29.0 Å². The molecule has 2 aromatic rings. The van der Waals surface area contributed by atoms with Crippen LogP contribution in [-0.2, 0) is 4.79 Å². The summed E-state index contributed by atoms with van der Waals surface area (Å²) in [6.07, 6.45) is 0.561. The lowest BCUT2D eigenvalue weighted by Crippen LogP contribution is -2.38. The summed E-state index contributed by atoms with van der Waals surface area (Å²) >= 11 is 0. The molecule has 0 radical (unpaired) electrons. The minimum Gasteiger partial charge on any atom is -0.493 e. The number of hydrogen-bond acceptors (Lipinski definition) is 4. The predicted octanol–water partition coefficient (Wildman–Crippen LogP) is 4.64. The van der Waals surface area contributed by atoms with Crippen molar-refractivity contribution in [1.82, 2.24) is 4.90 Å². The molecule has 0 unspecified atom stereocenters. The molecule has 2 aromatic carbocycles. The van der Waals surface area contributed by atoms with Gasteiger partial charge in [0.25, 0.3) is 5.91 Å². The van der Waals surface area contributed by atoms with Crippen LogP contribution in [0.15, 0.2) is 30.3 Å². The van der Waals surface area contributed by atoms with Crippen molar-refractivity contribution in [3.8, 4) is 11.5 Å². The third kappa shape index (κ3) is 6.38. The standard InChI is InChI=1S/C23H27F3N2O4/c1-5-10-28(12-20(29)27-17-8-7-16(24)21(25)22(17)26)23(30)15-6-9-18(19(11-15)31-4)32-13-14(2)3/h6-9,11,14H,5,10,12-13H2,1-4H3,(H,27,29). The summed E-state index contributed by atoms with van der Waals surface area (Å²) in [7, 11) is 1.46. The fourth-order valence-electron chi connectivity index (χ4n) is 2.87. The maximum atomic E-state index is 13.8. The lowest BCUT2D eigenvalue weighted by atomic mass is 10.1. The second-order valence-corrected chi connectivity index (χ2v) is 7.57. The third-order valence-corrected chi connectivity index (χ3v) is 4.41. The van der Waals surface area contributed by atoms with Crippen LogP contribution in [0.5, 0.6) is 11.5 Å². The fraction of sp³-hybridized carbons (Fsp3) is 0.391. The van der Waals surface area contributed by atoms with Gasteiger partial charge in [0.1, 0.15) is 6.54 Å². The highest BCUT2D eigenvalue weighted by Gasteiger charge is 2.22. The monoisotopic (exact) mass is 452 g/mol. The van der Waals surface area contributed by atoms with Crippen LogP contribution in [0.1, 0.15) is 37.6 Å². The van der Waals surface area contributed by atoms with Gasteiger partial charge < -0.3 is 19.7 Å². The molecule has 0 heterocycles. The Morgan fingerprint density at radius 1 is 1.06 bits per heavy atom. The number of anilines is 1. The van der Waals surface area contributed by atoms with E-state index in [4.69, 9.17) is 9.47 Å². The Morgan fingerprint density at radius 2 is 1.78 bits per heavy atom. The average molecular weight is 452 g/mol. The van der Waals surface area contributed by atoms with E-state index in [1.165, 1.54) is 18.1 Å². The highest BCUT2D eigenvalue weighted by molar-refractivity contribution is 5.99. The Kier molecular flexibility index (Phi) is 8.92. The van der Waals surface area contributed by atoms with Crippen molar-refractivity contribution in [3.63, 3.8) is 0 Å². The van der Waals surface area contributed by atoms with E-state index < -0.39 is 41.5 Å². The van der Waals surface area contributed by atoms with Gasteiger partial charge in [-0.2, -0.15) is 0 Å². The number of carbonyl (C=O) groups is 2. The van der Waals surface area contributed by atoms with Gasteiger partial charge in [-0.05, 0) is 42.7 Å². The minimum absolute atomic E-state index is 0.250. The van der Waals surface area contributed by atoms with Crippen molar-refractivity contribution < 1.29 is 32.2 Å². The van der Waals surface area contributed by atoms with Gasteiger partial charge in [0, 0.05) is 12.1 Å². The zero-order valence-electron chi connectivity index (χ0n) is 18.5. The zero-order valence-corrected chi connectivity index (χ0v) is 18.5. The Labute approximate surface area is 185 Å². The van der Waals surface area contributed by atoms with Gasteiger partial charge in [-0.3, -0.25) is 9.59 Å². The maximum absolute atomic E-state index is 13.8. The van der Waals surface area contributed by atoms with Gasteiger partial charge in [0.05, 0.1) is 19.4 Å². The first-order valence-electron chi connectivity index (χ1n) is 10.2. The molecule has 9 heteroatoms. The van der Waals surface area contributed by atoms with Crippen LogP contribution in [0.2, 0.25) is 0 Å². The molecule has 174 valence electrons. The molecule has 6 nitrogen and oxygen atoms in total. The summed E-state index contributed by atoms with van der Waals surface area (Å²) in [6, 6.07) is 6.33. The fourth-order valence-corrected chi connectivity index (χ4v) is 2.87. The molecule has 0 bridgehead atoms. The van der Waals surface area contributed by atoms with Crippen molar-refractivity contribution in [2.24, 2.45) is 5.92 Å². The number of ether oxygens (including phenoxy) is 2. The first-order valence-corrected chi connectivity index (χ1v) is 10.2. The quantitative estimate of drug-likeness (QED) is 0.534. The number of halogens is 3. The summed E-state index contributed by atoms with van der Waals surface area (Å²) in [5.41, 5.74) is -0.231. The second kappa shape index (κ2) is 11.4. The van der Waals surface area contributed by atoms with E-state index in [1.807, 2.05) is 20.8 Å². The van der Waals surface area contributed by atoms with Gasteiger partial charge in [-0.15, -0.1) is 0 Å². The van der Waals surface area contributed by atoms with Crippen LogP contribution in [-0.4, -0.2) is 43.5 Å². The molecule has 0 aliphatic rings. The lowest BCUT2D eigenvalue weighted by molar-refractivity contribution is -0.116. The van der Waals surface area contributed by atoms with E-state index in [-0.39, 0.29) is 12.1 Å². The summed E-state index contributed by atoms with van der Waals surface area (Å²) in [5.74, 6) is -4.57. The Morgan fingerprint density at radius 3 is 2.41 bits per heavy atom. The Balaban J connectivity index is 2.16. The van der Waals surface area contributed by atoms with E-state index >= 15 is 0 Å². The normalized spacial score (nSPS) is 10.8. The largest absolute Gasteiger partial charge is 0.493 e. The molecule has 0 fully saturated rings. The third-order valence-electron chi connectivity index (χ3n) is 4.41. The molecule has 32 heavy (non-hydrogen) atoms. The van der Waals surface area contributed by atoms with E-state index in [0.29, 0.717) is 36.5 Å². The maximum Gasteiger partial charge on any atom is 0.254 e. The van der Waals surface area contributed by atoms with Crippen LogP contribution in [0.25, 0.3) is 0 Å². The predicted molar refractivity (Wildman–Crippen MR) is 114 cm³/mol. The zero-order chi connectivity index (χ0) is 23.8. The van der Waals surface area contributed by atoms with Crippen molar-refractivity contribution in [2.45, 2.75) is 27.2 Å². The van der Waals surface area contributed by atoms with Crippen LogP contribution < -0.4 is 14.8 Å². The number of carbonyl (C=O) groups excluding carboxylic acids is 2. The molecule has 0 saturated heterocycles. The van der Waals surface area contributed by atoms with E-state index in [1.54, 1.807) is 12.1 Å². The van der Waals surface area contributed by atoms with Gasteiger partial charge in [0.2, 0.25) is 5.91 Å². The first kappa shape index (κ1) is 25.0. The Hall–Kier alpha value is -3.23. The highest BCUT2D eigenvalue weighted by atomic mass is 19.2. The molecular formula is C23H27F3N2O4. The molecule has 0 aliphatic heterocycles. The molecule has 2 rings (SSSR count). The molecule has 0 aliphatic carbocycles. The molecular weight excluding hydrogens is 425 g/mol. The summed E-state index contributed by atoms with van der Waals surface area (Å²) in [6.45, 7) is 6.16. The summed E-state index contributed by atoms with van der Waals surface area (Å²) in [5, 5.41) is 2.17. The molecule has 0 atom stereocenters. The van der Waals surface area contributed by atoms with Crippen LogP contribution in [0.4, 0.5) is 18.9 Å². The topological polar surface area (TPSA) is 67.9 Å². The van der Waals surface area contributed by atoms with Crippen molar-refractivity contribution in [2.75, 3.05) is 32.1 Å². The smallest absolute Gasteiger partial charge is 0.254 e. The van der Waals surface area contributed by atoms with Crippen molar-refractivity contribution in [3.05, 3.63) is 53.3 Å². The van der Waals surface area contributed by atoms with Crippen LogP contribution in [0.3, 0.4) is 0 Å². The van der Waals surface area contributed by atoms with Gasteiger partial charge >= 0.3 is 0 Å². The van der Waals surface area contributed by atoms with Crippen LogP contribution >= 0.6 is 0 Å². The number of nitrogens with zero attached hydrogens (tertiary/aromatic N) is 1. The average Bonchev–Trinajstić information content (AvgIpc) is 2.77. The van der Waals surface area contributed by atoms with Gasteiger partial charge in [-0.25, -0.2) is 13.2 Å². The molecule has 0 saturated carbocycles. The van der Waals surface area contributed by atoms with E-state index in [9.17, 15) is 22.8 Å². The highest BCUT2D eigenvalue weighted by Crippen LogP contribution is 2.29. The molecule has 0 spiro atoms. The minimum atomic E-state index is -1.68. The lowest BCUT2D eigenvalue weighted by Gasteiger charge is -2.22. The molecule has 0 aromatic heterocycles. The number of nitrogens with one attached hydrogen (secondary N) is 1. The second-order valence-electron chi connectivity index (χ2n) is 7.57. The number of hydrogen-bond donors (Lipinski definition) is 1. The summed E-state index contributed by atoms with van der Waals surface area (Å²) in [4.78, 5) is 26.6. The number of methoxy groups -OCH3 is 1. The van der Waals surface area contributed by atoms with Crippen LogP contribution in [0, 0.1) is 23.4 Å². The molecule has 1 N–H and O–H groups in total. The van der Waals surface area contributed by atoms with Crippen molar-refractivity contribution >= 4 is 17.5 Å². The van der Waals surface area contributed by atoms with Crippen molar-refractivity contribution in [1.29, 1.82) is 0 Å². The summed E-state index contributed by atoms with van der Waals surface area (Å²) < 4.78 is 51.3.